The number of amides is 1. The lowest BCUT2D eigenvalue weighted by Crippen LogP contribution is -2.28. The number of rotatable bonds is 6. The van der Waals surface area contributed by atoms with Crippen LogP contribution < -0.4 is 5.32 Å². The van der Waals surface area contributed by atoms with Gasteiger partial charge in [0.05, 0.1) is 10.5 Å². The normalized spacial score (nSPS) is 11.1. The number of nitrogens with one attached hydrogen (secondary N) is 1. The highest BCUT2D eigenvalue weighted by atomic mass is 32.2. The molecule has 0 aliphatic rings. The van der Waals surface area contributed by atoms with E-state index >= 15 is 0 Å². The first-order chi connectivity index (χ1) is 12.6. The monoisotopic (exact) mass is 393 g/mol. The van der Waals surface area contributed by atoms with Crippen molar-refractivity contribution in [3.05, 3.63) is 64.5 Å². The fourth-order valence-electron chi connectivity index (χ4n) is 2.26. The molecule has 27 heavy (non-hydrogen) atoms. The number of ether oxygens (including phenoxy) is 1. The minimum absolute atomic E-state index is 0.00843. The molecule has 0 atom stereocenters. The predicted molar refractivity (Wildman–Crippen MR) is 97.6 cm³/mol. The SMILES string of the molecule is Cc1ccc(CNC(=O)COC(=O)c2cc(S(C)(=O)=O)ccc2C)cc1F. The third-order valence-electron chi connectivity index (χ3n) is 3.92. The van der Waals surface area contributed by atoms with Crippen LogP contribution >= 0.6 is 0 Å². The van der Waals surface area contributed by atoms with Crippen molar-refractivity contribution < 1.29 is 27.1 Å². The molecule has 8 heteroatoms. The number of carbonyl (C=O) groups excluding carboxylic acids is 2. The zero-order valence-corrected chi connectivity index (χ0v) is 16.0. The van der Waals surface area contributed by atoms with Gasteiger partial charge in [-0.25, -0.2) is 17.6 Å². The van der Waals surface area contributed by atoms with Gasteiger partial charge in [-0.1, -0.05) is 18.2 Å². The Morgan fingerprint density at radius 2 is 1.74 bits per heavy atom. The molecule has 0 aromatic heterocycles. The number of carbonyl (C=O) groups is 2. The molecule has 0 aliphatic heterocycles. The van der Waals surface area contributed by atoms with Crippen LogP contribution in [0.4, 0.5) is 4.39 Å². The van der Waals surface area contributed by atoms with Gasteiger partial charge >= 0.3 is 5.97 Å². The molecule has 1 amide bonds. The highest BCUT2D eigenvalue weighted by Crippen LogP contribution is 2.16. The Morgan fingerprint density at radius 1 is 1.07 bits per heavy atom. The van der Waals surface area contributed by atoms with Crippen molar-refractivity contribution in [1.82, 2.24) is 5.32 Å². The molecule has 2 aromatic carbocycles. The van der Waals surface area contributed by atoms with Crippen molar-refractivity contribution in [3.63, 3.8) is 0 Å². The second-order valence-corrected chi connectivity index (χ2v) is 8.20. The van der Waals surface area contributed by atoms with Gasteiger partial charge in [-0.15, -0.1) is 0 Å². The van der Waals surface area contributed by atoms with Gasteiger partial charge in [0.2, 0.25) is 0 Å². The lowest BCUT2D eigenvalue weighted by molar-refractivity contribution is -0.124. The Balaban J connectivity index is 1.95. The van der Waals surface area contributed by atoms with E-state index in [1.165, 1.54) is 24.3 Å². The highest BCUT2D eigenvalue weighted by molar-refractivity contribution is 7.90. The van der Waals surface area contributed by atoms with E-state index in [2.05, 4.69) is 5.32 Å². The summed E-state index contributed by atoms with van der Waals surface area (Å²) in [5.74, 6) is -1.72. The van der Waals surface area contributed by atoms with Crippen molar-refractivity contribution >= 4 is 21.7 Å². The summed E-state index contributed by atoms with van der Waals surface area (Å²) in [4.78, 5) is 24.0. The number of sulfone groups is 1. The molecule has 0 aliphatic carbocycles. The van der Waals surface area contributed by atoms with E-state index in [-0.39, 0.29) is 22.8 Å². The van der Waals surface area contributed by atoms with Gasteiger partial charge in [-0.3, -0.25) is 4.79 Å². The first-order valence-electron chi connectivity index (χ1n) is 8.07. The predicted octanol–water partition coefficient (Wildman–Crippen LogP) is 2.32. The zero-order valence-electron chi connectivity index (χ0n) is 15.2. The Morgan fingerprint density at radius 3 is 2.37 bits per heavy atom. The maximum absolute atomic E-state index is 13.5. The molecule has 6 nitrogen and oxygen atoms in total. The van der Waals surface area contributed by atoms with E-state index in [0.717, 1.165) is 6.26 Å². The summed E-state index contributed by atoms with van der Waals surface area (Å²) < 4.78 is 41.6. The molecule has 2 aromatic rings. The standard InChI is InChI=1S/C19H20FNO5S/c1-12-5-7-15(27(3,24)25)9-16(12)19(23)26-11-18(22)21-10-14-6-4-13(2)17(20)8-14/h4-9H,10-11H2,1-3H3,(H,21,22). The number of esters is 1. The number of hydrogen-bond acceptors (Lipinski definition) is 5. The summed E-state index contributed by atoms with van der Waals surface area (Å²) in [6, 6.07) is 8.73. The highest BCUT2D eigenvalue weighted by Gasteiger charge is 2.16. The third kappa shape index (κ3) is 5.62. The van der Waals surface area contributed by atoms with Gasteiger partial charge in [0.25, 0.3) is 5.91 Å². The average Bonchev–Trinajstić information content (AvgIpc) is 2.60. The molecule has 0 heterocycles. The molecule has 2 rings (SSSR count). The van der Waals surface area contributed by atoms with Crippen molar-refractivity contribution in [2.45, 2.75) is 25.3 Å². The molecular formula is C19H20FNO5S. The second-order valence-electron chi connectivity index (χ2n) is 6.19. The summed E-state index contributed by atoms with van der Waals surface area (Å²) in [5.41, 5.74) is 1.69. The van der Waals surface area contributed by atoms with Crippen LogP contribution in [0.25, 0.3) is 0 Å². The maximum Gasteiger partial charge on any atom is 0.338 e. The number of halogens is 1. The van der Waals surface area contributed by atoms with Crippen LogP contribution in [0.1, 0.15) is 27.0 Å². The van der Waals surface area contributed by atoms with E-state index in [0.29, 0.717) is 16.7 Å². The van der Waals surface area contributed by atoms with Gasteiger partial charge in [0.15, 0.2) is 16.4 Å². The lowest BCUT2D eigenvalue weighted by atomic mass is 10.1. The largest absolute Gasteiger partial charge is 0.452 e. The summed E-state index contributed by atoms with van der Waals surface area (Å²) >= 11 is 0. The maximum atomic E-state index is 13.5. The number of hydrogen-bond donors (Lipinski definition) is 1. The Bertz CT molecular complexity index is 986. The van der Waals surface area contributed by atoms with Crippen LogP contribution in [0.3, 0.4) is 0 Å². The first-order valence-corrected chi connectivity index (χ1v) is 9.96. The van der Waals surface area contributed by atoms with E-state index < -0.39 is 28.3 Å². The molecule has 0 saturated carbocycles. The fraction of sp³-hybridized carbons (Fsp3) is 0.263. The number of benzene rings is 2. The summed E-state index contributed by atoms with van der Waals surface area (Å²) in [6.45, 7) is 2.83. The minimum atomic E-state index is -3.47. The van der Waals surface area contributed by atoms with E-state index in [1.54, 1.807) is 26.0 Å². The average molecular weight is 393 g/mol. The van der Waals surface area contributed by atoms with Crippen LogP contribution in [0.2, 0.25) is 0 Å². The van der Waals surface area contributed by atoms with E-state index in [1.807, 2.05) is 0 Å². The molecule has 0 fully saturated rings. The Hall–Kier alpha value is -2.74. The third-order valence-corrected chi connectivity index (χ3v) is 5.03. The molecule has 0 radical (unpaired) electrons. The Kier molecular flexibility index (Phi) is 6.32. The van der Waals surface area contributed by atoms with Gasteiger partial charge in [0, 0.05) is 12.8 Å². The van der Waals surface area contributed by atoms with Crippen LogP contribution in [-0.4, -0.2) is 33.2 Å². The fourth-order valence-corrected chi connectivity index (χ4v) is 2.91. The lowest BCUT2D eigenvalue weighted by Gasteiger charge is -2.09. The smallest absolute Gasteiger partial charge is 0.338 e. The first kappa shape index (κ1) is 20.6. The molecule has 0 bridgehead atoms. The van der Waals surface area contributed by atoms with Crippen LogP contribution in [-0.2, 0) is 25.9 Å². The molecule has 0 spiro atoms. The summed E-state index contributed by atoms with van der Waals surface area (Å²) in [6.07, 6.45) is 1.04. The van der Waals surface area contributed by atoms with Gasteiger partial charge < -0.3 is 10.1 Å². The molecule has 0 saturated heterocycles. The summed E-state index contributed by atoms with van der Waals surface area (Å²) in [5, 5.41) is 2.52. The van der Waals surface area contributed by atoms with Crippen LogP contribution in [0.15, 0.2) is 41.3 Å². The molecular weight excluding hydrogens is 373 g/mol. The summed E-state index contributed by atoms with van der Waals surface area (Å²) in [7, 11) is -3.47. The van der Waals surface area contributed by atoms with Gasteiger partial charge in [-0.05, 0) is 48.7 Å². The van der Waals surface area contributed by atoms with Crippen molar-refractivity contribution in [2.75, 3.05) is 12.9 Å². The van der Waals surface area contributed by atoms with Gasteiger partial charge in [0.1, 0.15) is 5.82 Å². The van der Waals surface area contributed by atoms with Crippen molar-refractivity contribution in [2.24, 2.45) is 0 Å². The molecule has 144 valence electrons. The van der Waals surface area contributed by atoms with E-state index in [9.17, 15) is 22.4 Å². The topological polar surface area (TPSA) is 89.5 Å². The second kappa shape index (κ2) is 8.30. The van der Waals surface area contributed by atoms with Crippen LogP contribution in [0.5, 0.6) is 0 Å². The Labute approximate surface area is 157 Å². The minimum Gasteiger partial charge on any atom is -0.452 e. The van der Waals surface area contributed by atoms with Crippen molar-refractivity contribution in [3.8, 4) is 0 Å². The van der Waals surface area contributed by atoms with Gasteiger partial charge in [-0.2, -0.15) is 0 Å². The molecule has 0 unspecified atom stereocenters. The number of aryl methyl sites for hydroxylation is 2. The van der Waals surface area contributed by atoms with Crippen molar-refractivity contribution in [1.29, 1.82) is 0 Å². The van der Waals surface area contributed by atoms with E-state index in [4.69, 9.17) is 4.74 Å². The zero-order chi connectivity index (χ0) is 20.2. The molecule has 1 N–H and O–H groups in total. The van der Waals surface area contributed by atoms with Crippen LogP contribution in [0, 0.1) is 19.7 Å². The quantitative estimate of drug-likeness (QED) is 0.761.